The zero-order chi connectivity index (χ0) is 15.8. The van der Waals surface area contributed by atoms with Crippen molar-refractivity contribution >= 4 is 34.8 Å². The van der Waals surface area contributed by atoms with E-state index in [4.69, 9.17) is 0 Å². The number of carbonyl (C=O) groups is 2. The lowest BCUT2D eigenvalue weighted by Crippen LogP contribution is -2.35. The van der Waals surface area contributed by atoms with Crippen LogP contribution in [0.1, 0.15) is 22.8 Å². The standard InChI is InChI=1S/C17H19NO2S2/c1-13(9-14-7-8-21-10-14)18-17(20)12-22-11-16(19)15-5-3-2-4-6-15/h2-8,10,13H,9,11-12H2,1H3,(H,18,20)/t13-/m1/s1. The first-order valence-corrected chi connectivity index (χ1v) is 9.21. The van der Waals surface area contributed by atoms with Crippen molar-refractivity contribution in [2.75, 3.05) is 11.5 Å². The Labute approximate surface area is 139 Å². The number of thiophene rings is 1. The predicted octanol–water partition coefficient (Wildman–Crippen LogP) is 3.41. The van der Waals surface area contributed by atoms with Crippen molar-refractivity contribution in [3.8, 4) is 0 Å². The second kappa shape index (κ2) is 8.76. The molecule has 1 aromatic heterocycles. The van der Waals surface area contributed by atoms with Crippen molar-refractivity contribution in [1.82, 2.24) is 5.32 Å². The molecule has 3 nitrogen and oxygen atoms in total. The molecule has 1 amide bonds. The largest absolute Gasteiger partial charge is 0.353 e. The maximum atomic E-state index is 11.9. The zero-order valence-corrected chi connectivity index (χ0v) is 14.1. The molecular weight excluding hydrogens is 314 g/mol. The highest BCUT2D eigenvalue weighted by atomic mass is 32.2. The van der Waals surface area contributed by atoms with Crippen molar-refractivity contribution in [1.29, 1.82) is 0 Å². The minimum atomic E-state index is -0.0198. The highest BCUT2D eigenvalue weighted by Gasteiger charge is 2.10. The monoisotopic (exact) mass is 333 g/mol. The molecule has 0 aliphatic rings. The maximum absolute atomic E-state index is 11.9. The summed E-state index contributed by atoms with van der Waals surface area (Å²) < 4.78 is 0. The Bertz CT molecular complexity index is 596. The fraction of sp³-hybridized carbons (Fsp3) is 0.294. The molecule has 2 aromatic rings. The van der Waals surface area contributed by atoms with Crippen LogP contribution in [0.4, 0.5) is 0 Å². The van der Waals surface area contributed by atoms with Gasteiger partial charge in [-0.2, -0.15) is 11.3 Å². The highest BCUT2D eigenvalue weighted by molar-refractivity contribution is 8.00. The summed E-state index contributed by atoms with van der Waals surface area (Å²) in [5, 5.41) is 7.10. The topological polar surface area (TPSA) is 46.2 Å². The van der Waals surface area contributed by atoms with E-state index >= 15 is 0 Å². The molecule has 0 saturated carbocycles. The van der Waals surface area contributed by atoms with Gasteiger partial charge in [0.05, 0.1) is 11.5 Å². The molecule has 0 aliphatic carbocycles. The van der Waals surface area contributed by atoms with Crippen molar-refractivity contribution in [2.24, 2.45) is 0 Å². The van der Waals surface area contributed by atoms with E-state index in [1.807, 2.05) is 30.5 Å². The van der Waals surface area contributed by atoms with E-state index in [2.05, 4.69) is 16.8 Å². The van der Waals surface area contributed by atoms with Crippen molar-refractivity contribution in [3.05, 3.63) is 58.3 Å². The fourth-order valence-electron chi connectivity index (χ4n) is 2.07. The molecule has 2 rings (SSSR count). The molecule has 116 valence electrons. The van der Waals surface area contributed by atoms with Crippen LogP contribution < -0.4 is 5.32 Å². The number of nitrogens with one attached hydrogen (secondary N) is 1. The van der Waals surface area contributed by atoms with E-state index in [1.165, 1.54) is 17.3 Å². The van der Waals surface area contributed by atoms with Gasteiger partial charge in [0.25, 0.3) is 0 Å². The Balaban J connectivity index is 1.66. The number of hydrogen-bond donors (Lipinski definition) is 1. The summed E-state index contributed by atoms with van der Waals surface area (Å²) in [6.45, 7) is 2.00. The number of ketones is 1. The predicted molar refractivity (Wildman–Crippen MR) is 93.7 cm³/mol. The molecule has 1 heterocycles. The first-order valence-electron chi connectivity index (χ1n) is 7.11. The quantitative estimate of drug-likeness (QED) is 0.753. The van der Waals surface area contributed by atoms with Gasteiger partial charge >= 0.3 is 0 Å². The van der Waals surface area contributed by atoms with Crippen LogP contribution >= 0.6 is 23.1 Å². The third-order valence-electron chi connectivity index (χ3n) is 3.09. The van der Waals surface area contributed by atoms with Gasteiger partial charge < -0.3 is 5.32 Å². The molecule has 1 N–H and O–H groups in total. The molecule has 0 radical (unpaired) electrons. The third-order valence-corrected chi connectivity index (χ3v) is 4.76. The van der Waals surface area contributed by atoms with Crippen LogP contribution in [0.15, 0.2) is 47.2 Å². The van der Waals surface area contributed by atoms with Crippen LogP contribution in [-0.2, 0) is 11.2 Å². The van der Waals surface area contributed by atoms with Gasteiger partial charge in [0.1, 0.15) is 0 Å². The molecular formula is C17H19NO2S2. The molecule has 0 fully saturated rings. The molecule has 0 bridgehead atoms. The molecule has 1 atom stereocenters. The summed E-state index contributed by atoms with van der Waals surface area (Å²) in [7, 11) is 0. The summed E-state index contributed by atoms with van der Waals surface area (Å²) >= 11 is 3.02. The van der Waals surface area contributed by atoms with E-state index in [0.717, 1.165) is 6.42 Å². The number of thioether (sulfide) groups is 1. The molecule has 5 heteroatoms. The number of hydrogen-bond acceptors (Lipinski definition) is 4. The van der Waals surface area contributed by atoms with Gasteiger partial charge in [-0.1, -0.05) is 30.3 Å². The van der Waals surface area contributed by atoms with Gasteiger partial charge in [0.15, 0.2) is 5.78 Å². The van der Waals surface area contributed by atoms with Gasteiger partial charge in [-0.25, -0.2) is 0 Å². The summed E-state index contributed by atoms with van der Waals surface area (Å²) in [6.07, 6.45) is 0.836. The lowest BCUT2D eigenvalue weighted by molar-refractivity contribution is -0.119. The number of rotatable bonds is 8. The lowest BCUT2D eigenvalue weighted by Gasteiger charge is -2.12. The number of carbonyl (C=O) groups excluding carboxylic acids is 2. The Hall–Kier alpha value is -1.59. The van der Waals surface area contributed by atoms with Crippen LogP contribution in [0, 0.1) is 0 Å². The van der Waals surface area contributed by atoms with Crippen LogP contribution in [-0.4, -0.2) is 29.2 Å². The van der Waals surface area contributed by atoms with E-state index in [9.17, 15) is 9.59 Å². The number of benzene rings is 1. The molecule has 0 saturated heterocycles. The molecule has 0 spiro atoms. The zero-order valence-electron chi connectivity index (χ0n) is 12.5. The van der Waals surface area contributed by atoms with Gasteiger partial charge in [0, 0.05) is 11.6 Å². The SMILES string of the molecule is C[C@H](Cc1ccsc1)NC(=O)CSCC(=O)c1ccccc1. The van der Waals surface area contributed by atoms with Crippen molar-refractivity contribution in [3.63, 3.8) is 0 Å². The maximum Gasteiger partial charge on any atom is 0.230 e. The van der Waals surface area contributed by atoms with Crippen molar-refractivity contribution in [2.45, 2.75) is 19.4 Å². The summed E-state index contributed by atoms with van der Waals surface area (Å²) in [5.41, 5.74) is 1.94. The molecule has 1 aromatic carbocycles. The molecule has 0 unspecified atom stereocenters. The molecule has 0 aliphatic heterocycles. The highest BCUT2D eigenvalue weighted by Crippen LogP contribution is 2.10. The van der Waals surface area contributed by atoms with Crippen molar-refractivity contribution < 1.29 is 9.59 Å². The van der Waals surface area contributed by atoms with Crippen LogP contribution in [0.2, 0.25) is 0 Å². The lowest BCUT2D eigenvalue weighted by atomic mass is 10.1. The summed E-state index contributed by atoms with van der Waals surface area (Å²) in [4.78, 5) is 23.8. The number of Topliss-reactive ketones (excluding diaryl/α,β-unsaturated/α-hetero) is 1. The average molecular weight is 333 g/mol. The van der Waals surface area contributed by atoms with Crippen LogP contribution in [0.25, 0.3) is 0 Å². The van der Waals surface area contributed by atoms with Gasteiger partial charge in [0.2, 0.25) is 5.91 Å². The van der Waals surface area contributed by atoms with Gasteiger partial charge in [-0.05, 0) is 35.7 Å². The smallest absolute Gasteiger partial charge is 0.230 e. The third kappa shape index (κ3) is 5.66. The minimum absolute atomic E-state index is 0.0198. The van der Waals surface area contributed by atoms with Gasteiger partial charge in [-0.15, -0.1) is 11.8 Å². The van der Waals surface area contributed by atoms with E-state index in [-0.39, 0.29) is 17.7 Å². The summed E-state index contributed by atoms with van der Waals surface area (Å²) in [5.74, 6) is 0.682. The first-order chi connectivity index (χ1) is 10.6. The second-order valence-corrected chi connectivity index (χ2v) is 6.85. The number of amides is 1. The Kier molecular flexibility index (Phi) is 6.68. The Morgan fingerprint density at radius 2 is 1.95 bits per heavy atom. The minimum Gasteiger partial charge on any atom is -0.353 e. The Morgan fingerprint density at radius 3 is 2.64 bits per heavy atom. The van der Waals surface area contributed by atoms with E-state index in [1.54, 1.807) is 23.5 Å². The first kappa shape index (κ1) is 16.8. The van der Waals surface area contributed by atoms with Crippen LogP contribution in [0.3, 0.4) is 0 Å². The van der Waals surface area contributed by atoms with Crippen LogP contribution in [0.5, 0.6) is 0 Å². The van der Waals surface area contributed by atoms with E-state index in [0.29, 0.717) is 17.1 Å². The van der Waals surface area contributed by atoms with E-state index < -0.39 is 0 Å². The average Bonchev–Trinajstić information content (AvgIpc) is 3.00. The summed E-state index contributed by atoms with van der Waals surface area (Å²) in [6, 6.07) is 11.3. The fourth-order valence-corrected chi connectivity index (χ4v) is 3.48. The Morgan fingerprint density at radius 1 is 1.18 bits per heavy atom. The van der Waals surface area contributed by atoms with Gasteiger partial charge in [-0.3, -0.25) is 9.59 Å². The normalized spacial score (nSPS) is 11.9. The second-order valence-electron chi connectivity index (χ2n) is 5.09. The molecule has 22 heavy (non-hydrogen) atoms.